The van der Waals surface area contributed by atoms with E-state index < -0.39 is 0 Å². The minimum Gasteiger partial charge on any atom is -0.381 e. The Morgan fingerprint density at radius 1 is 1.47 bits per heavy atom. The molecule has 0 bridgehead atoms. The van der Waals surface area contributed by atoms with Crippen molar-refractivity contribution in [2.75, 3.05) is 5.32 Å². The van der Waals surface area contributed by atoms with Gasteiger partial charge in [0, 0.05) is 17.8 Å². The summed E-state index contributed by atoms with van der Waals surface area (Å²) >= 11 is 0. The molecule has 1 N–H and O–H groups in total. The van der Waals surface area contributed by atoms with E-state index in [1.807, 2.05) is 0 Å². The zero-order valence-corrected chi connectivity index (χ0v) is 8.33. The number of nitrogens with one attached hydrogen (secondary N) is 1. The van der Waals surface area contributed by atoms with Gasteiger partial charge in [0.1, 0.15) is 12.1 Å². The highest BCUT2D eigenvalue weighted by molar-refractivity contribution is 5.46. The zero-order valence-electron chi connectivity index (χ0n) is 8.33. The molecule has 0 fully saturated rings. The lowest BCUT2D eigenvalue weighted by molar-refractivity contribution is 0.419. The highest BCUT2D eigenvalue weighted by Gasteiger charge is 1.99. The smallest absolute Gasteiger partial charge is 0.128 e. The summed E-state index contributed by atoms with van der Waals surface area (Å²) in [6.07, 6.45) is 3.22. The van der Waals surface area contributed by atoms with Gasteiger partial charge in [-0.05, 0) is 30.7 Å². The number of hydrogen-bond donors (Lipinski definition) is 1. The van der Waals surface area contributed by atoms with E-state index in [0.717, 1.165) is 11.3 Å². The van der Waals surface area contributed by atoms with E-state index in [1.54, 1.807) is 31.5 Å². The van der Waals surface area contributed by atoms with Crippen molar-refractivity contribution in [3.8, 4) is 0 Å². The fourth-order valence-corrected chi connectivity index (χ4v) is 1.27. The predicted octanol–water partition coefficient (Wildman–Crippen LogP) is 2.73. The Bertz CT molecular complexity index is 440. The van der Waals surface area contributed by atoms with Crippen LogP contribution in [0.4, 0.5) is 10.1 Å². The monoisotopic (exact) mass is 206 g/mol. The topological polar surface area (TPSA) is 38.1 Å². The van der Waals surface area contributed by atoms with E-state index in [2.05, 4.69) is 10.5 Å². The van der Waals surface area contributed by atoms with Crippen molar-refractivity contribution in [3.05, 3.63) is 47.6 Å². The van der Waals surface area contributed by atoms with E-state index >= 15 is 0 Å². The second-order valence-electron chi connectivity index (χ2n) is 3.35. The summed E-state index contributed by atoms with van der Waals surface area (Å²) in [5, 5.41) is 6.74. The van der Waals surface area contributed by atoms with Crippen LogP contribution < -0.4 is 5.32 Å². The summed E-state index contributed by atoms with van der Waals surface area (Å²) in [6.45, 7) is 2.36. The number of nitrogens with zero attached hydrogens (tertiary/aromatic N) is 1. The van der Waals surface area contributed by atoms with Gasteiger partial charge in [-0.1, -0.05) is 5.16 Å². The highest BCUT2D eigenvalue weighted by atomic mass is 19.1. The van der Waals surface area contributed by atoms with Crippen LogP contribution in [0.25, 0.3) is 0 Å². The summed E-state index contributed by atoms with van der Waals surface area (Å²) in [5.74, 6) is -0.189. The van der Waals surface area contributed by atoms with Gasteiger partial charge in [0.2, 0.25) is 0 Å². The van der Waals surface area contributed by atoms with Crippen LogP contribution in [0.1, 0.15) is 11.1 Å². The summed E-state index contributed by atoms with van der Waals surface area (Å²) in [5.41, 5.74) is 2.47. The SMILES string of the molecule is Cc1cc(NCc2cnoc2)ccc1F. The van der Waals surface area contributed by atoms with Gasteiger partial charge in [-0.25, -0.2) is 4.39 Å². The maximum absolute atomic E-state index is 13.0. The van der Waals surface area contributed by atoms with E-state index in [0.29, 0.717) is 12.1 Å². The van der Waals surface area contributed by atoms with Crippen LogP contribution in [0.5, 0.6) is 0 Å². The number of rotatable bonds is 3. The van der Waals surface area contributed by atoms with Gasteiger partial charge in [-0.15, -0.1) is 0 Å². The molecule has 0 spiro atoms. The molecule has 1 aromatic heterocycles. The van der Waals surface area contributed by atoms with Gasteiger partial charge in [0.25, 0.3) is 0 Å². The molecule has 0 aliphatic rings. The maximum atomic E-state index is 13.0. The van der Waals surface area contributed by atoms with E-state index in [4.69, 9.17) is 4.52 Å². The van der Waals surface area contributed by atoms with Crippen LogP contribution in [0.3, 0.4) is 0 Å². The van der Waals surface area contributed by atoms with Crippen LogP contribution in [0, 0.1) is 12.7 Å². The maximum Gasteiger partial charge on any atom is 0.128 e. The minimum absolute atomic E-state index is 0.189. The third kappa shape index (κ3) is 2.34. The highest BCUT2D eigenvalue weighted by Crippen LogP contribution is 2.14. The quantitative estimate of drug-likeness (QED) is 0.839. The summed E-state index contributed by atoms with van der Waals surface area (Å²) in [6, 6.07) is 4.92. The molecule has 2 aromatic rings. The lowest BCUT2D eigenvalue weighted by atomic mass is 10.2. The molecule has 0 saturated carbocycles. The first-order valence-corrected chi connectivity index (χ1v) is 4.64. The molecule has 0 radical (unpaired) electrons. The van der Waals surface area contributed by atoms with Crippen LogP contribution >= 0.6 is 0 Å². The molecule has 78 valence electrons. The lowest BCUT2D eigenvalue weighted by Crippen LogP contribution is -1.98. The van der Waals surface area contributed by atoms with Crippen LogP contribution in [0.15, 0.2) is 35.2 Å². The molecule has 15 heavy (non-hydrogen) atoms. The van der Waals surface area contributed by atoms with Crippen LogP contribution in [-0.2, 0) is 6.54 Å². The normalized spacial score (nSPS) is 10.3. The average Bonchev–Trinajstić information content (AvgIpc) is 2.73. The second kappa shape index (κ2) is 4.13. The molecular weight excluding hydrogens is 195 g/mol. The van der Waals surface area contributed by atoms with E-state index in [1.165, 1.54) is 6.07 Å². The Labute approximate surface area is 86.9 Å². The molecule has 0 aliphatic carbocycles. The minimum atomic E-state index is -0.189. The van der Waals surface area contributed by atoms with Crippen LogP contribution in [-0.4, -0.2) is 5.16 Å². The molecular formula is C11H11FN2O. The molecule has 3 nitrogen and oxygen atoms in total. The number of aromatic nitrogens is 1. The number of halogens is 1. The number of aryl methyl sites for hydroxylation is 1. The van der Waals surface area contributed by atoms with Crippen LogP contribution in [0.2, 0.25) is 0 Å². The van der Waals surface area contributed by atoms with Gasteiger partial charge in [0.15, 0.2) is 0 Å². The first-order chi connectivity index (χ1) is 7.25. The standard InChI is InChI=1S/C11H11FN2O/c1-8-4-10(2-3-11(8)12)13-5-9-6-14-15-7-9/h2-4,6-7,13H,5H2,1H3. The fraction of sp³-hybridized carbons (Fsp3) is 0.182. The zero-order chi connectivity index (χ0) is 10.7. The lowest BCUT2D eigenvalue weighted by Gasteiger charge is -2.05. The van der Waals surface area contributed by atoms with Crippen molar-refractivity contribution in [1.82, 2.24) is 5.16 Å². The first kappa shape index (κ1) is 9.71. The molecule has 4 heteroatoms. The van der Waals surface area contributed by atoms with Crippen molar-refractivity contribution < 1.29 is 8.91 Å². The number of hydrogen-bond acceptors (Lipinski definition) is 3. The number of anilines is 1. The molecule has 0 unspecified atom stereocenters. The summed E-state index contributed by atoms with van der Waals surface area (Å²) < 4.78 is 17.7. The van der Waals surface area contributed by atoms with Gasteiger partial charge < -0.3 is 9.84 Å². The van der Waals surface area contributed by atoms with E-state index in [9.17, 15) is 4.39 Å². The molecule has 0 aliphatic heterocycles. The van der Waals surface area contributed by atoms with Crippen molar-refractivity contribution >= 4 is 5.69 Å². The average molecular weight is 206 g/mol. The predicted molar refractivity (Wildman–Crippen MR) is 55.0 cm³/mol. The fourth-order valence-electron chi connectivity index (χ4n) is 1.27. The number of benzene rings is 1. The molecule has 0 amide bonds. The summed E-state index contributed by atoms with van der Waals surface area (Å²) in [4.78, 5) is 0. The molecule has 1 heterocycles. The van der Waals surface area contributed by atoms with Gasteiger partial charge in [-0.2, -0.15) is 0 Å². The summed E-state index contributed by atoms with van der Waals surface area (Å²) in [7, 11) is 0. The van der Waals surface area contributed by atoms with Crippen molar-refractivity contribution in [1.29, 1.82) is 0 Å². The Hall–Kier alpha value is -1.84. The first-order valence-electron chi connectivity index (χ1n) is 4.64. The van der Waals surface area contributed by atoms with Gasteiger partial charge >= 0.3 is 0 Å². The Balaban J connectivity index is 2.02. The second-order valence-corrected chi connectivity index (χ2v) is 3.35. The molecule has 0 saturated heterocycles. The van der Waals surface area contributed by atoms with Crippen molar-refractivity contribution in [2.24, 2.45) is 0 Å². The van der Waals surface area contributed by atoms with E-state index in [-0.39, 0.29) is 5.82 Å². The Morgan fingerprint density at radius 3 is 3.00 bits per heavy atom. The molecule has 1 aromatic carbocycles. The third-order valence-corrected chi connectivity index (χ3v) is 2.14. The van der Waals surface area contributed by atoms with Gasteiger partial charge in [0.05, 0.1) is 6.20 Å². The molecule has 2 rings (SSSR count). The Morgan fingerprint density at radius 2 is 2.33 bits per heavy atom. The van der Waals surface area contributed by atoms with Gasteiger partial charge in [-0.3, -0.25) is 0 Å². The third-order valence-electron chi connectivity index (χ3n) is 2.14. The van der Waals surface area contributed by atoms with Crippen molar-refractivity contribution in [2.45, 2.75) is 13.5 Å². The molecule has 0 atom stereocenters. The van der Waals surface area contributed by atoms with Crippen molar-refractivity contribution in [3.63, 3.8) is 0 Å². The Kier molecular flexibility index (Phi) is 2.67. The largest absolute Gasteiger partial charge is 0.381 e.